The van der Waals surface area contributed by atoms with Gasteiger partial charge in [0.25, 0.3) is 0 Å². The third-order valence-electron chi connectivity index (χ3n) is 4.48. The van der Waals surface area contributed by atoms with Gasteiger partial charge in [-0.05, 0) is 0 Å². The van der Waals surface area contributed by atoms with Crippen molar-refractivity contribution in [3.8, 4) is 0 Å². The third-order valence-corrected chi connectivity index (χ3v) is 6.59. The van der Waals surface area contributed by atoms with Gasteiger partial charge in [-0.15, -0.1) is 0 Å². The van der Waals surface area contributed by atoms with Crippen LogP contribution in [-0.4, -0.2) is 57.2 Å². The molecule has 11 nitrogen and oxygen atoms in total. The molecule has 164 valence electrons. The number of aromatic nitrogens is 2. The van der Waals surface area contributed by atoms with E-state index in [1.807, 2.05) is 0 Å². The minimum atomic E-state index is -3.62. The van der Waals surface area contributed by atoms with Crippen molar-refractivity contribution in [3.63, 3.8) is 0 Å². The predicted octanol–water partition coefficient (Wildman–Crippen LogP) is 2.32. The molecule has 2 aromatic rings. The van der Waals surface area contributed by atoms with Gasteiger partial charge in [-0.25, -0.2) is 0 Å². The van der Waals surface area contributed by atoms with E-state index in [2.05, 4.69) is 40.5 Å². The van der Waals surface area contributed by atoms with Crippen LogP contribution in [0.1, 0.15) is 12.6 Å². The summed E-state index contributed by atoms with van der Waals surface area (Å²) in [4.78, 5) is 22.7. The molecule has 0 bridgehead atoms. The molecule has 0 amide bonds. The van der Waals surface area contributed by atoms with Crippen molar-refractivity contribution in [2.24, 2.45) is 10.0 Å². The Morgan fingerprint density at radius 2 is 2.16 bits per heavy atom. The first-order valence-electron chi connectivity index (χ1n) is 8.99. The molecule has 1 aromatic carbocycles. The Hall–Kier alpha value is -2.38. The van der Waals surface area contributed by atoms with E-state index < -0.39 is 45.9 Å². The van der Waals surface area contributed by atoms with Crippen molar-refractivity contribution >= 4 is 46.7 Å². The number of azide groups is 1. The van der Waals surface area contributed by atoms with Crippen LogP contribution in [0.2, 0.25) is 0 Å². The van der Waals surface area contributed by atoms with E-state index in [4.69, 9.17) is 18.3 Å². The molecule has 0 N–H and O–H groups in total. The molecule has 1 aliphatic heterocycles. The number of ether oxygens (including phenoxy) is 1. The number of benzene rings is 1. The van der Waals surface area contributed by atoms with E-state index in [-0.39, 0.29) is 17.1 Å². The molecule has 1 unspecified atom stereocenters. The molecule has 0 saturated carbocycles. The van der Waals surface area contributed by atoms with Crippen LogP contribution < -0.4 is 5.69 Å². The van der Waals surface area contributed by atoms with Gasteiger partial charge in [0.15, 0.2) is 0 Å². The van der Waals surface area contributed by atoms with Crippen molar-refractivity contribution < 1.29 is 22.2 Å². The van der Waals surface area contributed by atoms with Crippen LogP contribution in [-0.2, 0) is 19.2 Å². The van der Waals surface area contributed by atoms with Crippen molar-refractivity contribution in [2.45, 2.75) is 29.4 Å². The molecule has 1 aliphatic rings. The topological polar surface area (TPSA) is 149 Å². The van der Waals surface area contributed by atoms with Crippen LogP contribution in [0.15, 0.2) is 60.7 Å². The molecule has 2 heterocycles. The Balaban J connectivity index is 1.75. The maximum absolute atomic E-state index is 14.5. The molecule has 0 spiro atoms. The van der Waals surface area contributed by atoms with Gasteiger partial charge in [-0.1, -0.05) is 0 Å². The minimum absolute atomic E-state index is 0.0720. The molecule has 16 heteroatoms. The van der Waals surface area contributed by atoms with Crippen molar-refractivity contribution in [1.29, 1.82) is 0 Å². The molecular weight excluding hydrogens is 509 g/mol. The van der Waals surface area contributed by atoms with E-state index in [1.54, 1.807) is 12.1 Å². The molecule has 2 radical (unpaired) electrons. The normalized spacial score (nSPS) is 23.1. The Morgan fingerprint density at radius 3 is 2.78 bits per heavy atom. The van der Waals surface area contributed by atoms with Crippen LogP contribution in [0.3, 0.4) is 0 Å². The van der Waals surface area contributed by atoms with Gasteiger partial charge in [0, 0.05) is 0 Å². The van der Waals surface area contributed by atoms with Gasteiger partial charge in [0.2, 0.25) is 0 Å². The summed E-state index contributed by atoms with van der Waals surface area (Å²) < 4.78 is 50.7. The number of alkyl halides is 1. The Kier molecular flexibility index (Phi) is 7.62. The molecule has 3 rings (SSSR count). The molecular formula is C16H14B2BrFN6O5S. The summed E-state index contributed by atoms with van der Waals surface area (Å²) in [5.74, 6) is -0.0720. The summed E-state index contributed by atoms with van der Waals surface area (Å²) in [6, 6.07) is 7.39. The monoisotopic (exact) mass is 522 g/mol. The van der Waals surface area contributed by atoms with Crippen LogP contribution >= 0.6 is 15.9 Å². The molecule has 3 atom stereocenters. The zero-order valence-corrected chi connectivity index (χ0v) is 18.7. The van der Waals surface area contributed by atoms with E-state index in [0.29, 0.717) is 0 Å². The molecule has 32 heavy (non-hydrogen) atoms. The molecule has 1 saturated heterocycles. The predicted molar refractivity (Wildman–Crippen MR) is 116 cm³/mol. The van der Waals surface area contributed by atoms with Crippen LogP contribution in [0.25, 0.3) is 10.4 Å². The zero-order chi connectivity index (χ0) is 23.4. The Bertz CT molecular complexity index is 1220. The first-order valence-corrected chi connectivity index (χ1v) is 11.4. The Labute approximate surface area is 192 Å². The summed E-state index contributed by atoms with van der Waals surface area (Å²) in [6.45, 7) is -0.411. The van der Waals surface area contributed by atoms with E-state index in [1.165, 1.54) is 24.4 Å². The fraction of sp³-hybridized carbons (Fsp3) is 0.375. The maximum atomic E-state index is 14.5. The number of hydrogen-bond acceptors (Lipinski definition) is 8. The number of nitrogens with zero attached hydrogens (tertiary/aromatic N) is 6. The van der Waals surface area contributed by atoms with E-state index in [9.17, 15) is 17.6 Å². The average molecular weight is 523 g/mol. The summed E-state index contributed by atoms with van der Waals surface area (Å²) in [6.07, 6.45) is -2.32. The van der Waals surface area contributed by atoms with Gasteiger partial charge in [0.1, 0.15) is 0 Å². The first-order chi connectivity index (χ1) is 15.2. The number of sulfone groups is 1. The third kappa shape index (κ3) is 5.51. The van der Waals surface area contributed by atoms with Gasteiger partial charge in [-0.3, -0.25) is 0 Å². The van der Waals surface area contributed by atoms with Gasteiger partial charge < -0.3 is 0 Å². The van der Waals surface area contributed by atoms with Crippen molar-refractivity contribution in [1.82, 2.24) is 9.55 Å². The second kappa shape index (κ2) is 10.0. The molecule has 1 aromatic heterocycles. The van der Waals surface area contributed by atoms with Crippen LogP contribution in [0.5, 0.6) is 0 Å². The summed E-state index contributed by atoms with van der Waals surface area (Å²) in [5, 5.41) is 3.41. The van der Waals surface area contributed by atoms with E-state index in [0.717, 1.165) is 16.1 Å². The van der Waals surface area contributed by atoms with E-state index >= 15 is 0 Å². The number of hydrogen-bond donors (Lipinski definition) is 0. The SMILES string of the molecule is [B]OC[C@]1(N=[N+]=[N-])CC(F)[C@H](n2ccc(N=BCS(=O)(=O)c3ccc(Br)cc3)nc2=O)O1. The van der Waals surface area contributed by atoms with Crippen LogP contribution in [0.4, 0.5) is 10.2 Å². The zero-order valence-electron chi connectivity index (χ0n) is 16.3. The average Bonchev–Trinajstić information content (AvgIpc) is 3.04. The quantitative estimate of drug-likeness (QED) is 0.225. The first kappa shape index (κ1) is 24.3. The van der Waals surface area contributed by atoms with Crippen molar-refractivity contribution in [3.05, 3.63) is 61.9 Å². The summed E-state index contributed by atoms with van der Waals surface area (Å²) in [7, 11) is 2.48. The second-order valence-electron chi connectivity index (χ2n) is 6.70. The van der Waals surface area contributed by atoms with Crippen molar-refractivity contribution in [2.75, 3.05) is 12.3 Å². The summed E-state index contributed by atoms with van der Waals surface area (Å²) >= 11 is 3.23. The number of halogens is 2. The van der Waals surface area contributed by atoms with Gasteiger partial charge in [0.05, 0.1) is 0 Å². The van der Waals surface area contributed by atoms with Gasteiger partial charge in [-0.2, -0.15) is 0 Å². The summed E-state index contributed by atoms with van der Waals surface area (Å²) in [5.41, 5.74) is 5.69. The number of rotatable bonds is 8. The molecule has 1 fully saturated rings. The fourth-order valence-corrected chi connectivity index (χ4v) is 4.30. The second-order valence-corrected chi connectivity index (χ2v) is 9.65. The fourth-order valence-electron chi connectivity index (χ4n) is 3.02. The van der Waals surface area contributed by atoms with Gasteiger partial charge >= 0.3 is 192 Å². The van der Waals surface area contributed by atoms with Crippen LogP contribution in [0, 0.1) is 0 Å². The Morgan fingerprint density at radius 1 is 1.44 bits per heavy atom. The standard InChI is InChI=1S/C16H14B2BrFN6O5S/c17-30-8-16(24-25-21)7-12(20)14(31-16)26-6-5-13(22-15(26)27)23-18-9-32(28,29)11-3-1-10(19)2-4-11/h1-6,12,14H,7-9H2/t12?,14-,16+/m1/s1. The molecule has 0 aliphatic carbocycles.